The standard InChI is InChI=1S/C11H8F2N2O2S/c1-17-10(16)8-5-18-11(14-8)15-9-6(12)3-2-4-7(9)13/h2-5H,1H3,(H,14,15). The van der Waals surface area contributed by atoms with Gasteiger partial charge >= 0.3 is 5.97 Å². The normalized spacial score (nSPS) is 10.2. The third-order valence-corrected chi connectivity index (χ3v) is 2.85. The minimum absolute atomic E-state index is 0.0850. The van der Waals surface area contributed by atoms with Crippen LogP contribution >= 0.6 is 11.3 Å². The summed E-state index contributed by atoms with van der Waals surface area (Å²) >= 11 is 1.05. The summed E-state index contributed by atoms with van der Waals surface area (Å²) < 4.78 is 31.2. The van der Waals surface area contributed by atoms with E-state index in [0.717, 1.165) is 23.5 Å². The number of hydrogen-bond acceptors (Lipinski definition) is 5. The van der Waals surface area contributed by atoms with Gasteiger partial charge in [0.15, 0.2) is 10.8 Å². The molecule has 0 saturated heterocycles. The number of anilines is 2. The summed E-state index contributed by atoms with van der Waals surface area (Å²) in [5.74, 6) is -2.07. The molecule has 4 nitrogen and oxygen atoms in total. The number of rotatable bonds is 3. The van der Waals surface area contributed by atoms with Crippen LogP contribution in [-0.2, 0) is 4.74 Å². The molecule has 0 aliphatic rings. The highest BCUT2D eigenvalue weighted by Gasteiger charge is 2.13. The quantitative estimate of drug-likeness (QED) is 0.871. The minimum atomic E-state index is -0.732. The molecule has 1 heterocycles. The first-order chi connectivity index (χ1) is 8.61. The zero-order chi connectivity index (χ0) is 13.1. The van der Waals surface area contributed by atoms with Crippen LogP contribution in [0.3, 0.4) is 0 Å². The lowest BCUT2D eigenvalue weighted by molar-refractivity contribution is 0.0595. The molecule has 0 aliphatic heterocycles. The van der Waals surface area contributed by atoms with E-state index < -0.39 is 17.6 Å². The van der Waals surface area contributed by atoms with Crippen molar-refractivity contribution in [3.8, 4) is 0 Å². The number of nitrogens with one attached hydrogen (secondary N) is 1. The first-order valence-electron chi connectivity index (χ1n) is 4.86. The molecule has 0 unspecified atom stereocenters. The Morgan fingerprint density at radius 2 is 2.06 bits per heavy atom. The van der Waals surface area contributed by atoms with Gasteiger partial charge in [-0.25, -0.2) is 18.6 Å². The van der Waals surface area contributed by atoms with Gasteiger partial charge in [-0.3, -0.25) is 0 Å². The van der Waals surface area contributed by atoms with E-state index in [0.29, 0.717) is 0 Å². The van der Waals surface area contributed by atoms with Gasteiger partial charge in [-0.05, 0) is 12.1 Å². The average Bonchev–Trinajstić information content (AvgIpc) is 2.81. The summed E-state index contributed by atoms with van der Waals surface area (Å²) in [6.45, 7) is 0. The van der Waals surface area contributed by atoms with Crippen LogP contribution in [0.1, 0.15) is 10.5 Å². The predicted octanol–water partition coefficient (Wildman–Crippen LogP) is 2.95. The number of carbonyl (C=O) groups is 1. The molecule has 2 aromatic rings. The Bertz CT molecular complexity index is 566. The summed E-state index contributed by atoms with van der Waals surface area (Å²) in [4.78, 5) is 15.0. The molecular weight excluding hydrogens is 262 g/mol. The number of benzene rings is 1. The van der Waals surface area contributed by atoms with E-state index in [1.807, 2.05) is 0 Å². The fourth-order valence-corrected chi connectivity index (χ4v) is 1.94. The van der Waals surface area contributed by atoms with Crippen LogP contribution in [0, 0.1) is 11.6 Å². The monoisotopic (exact) mass is 270 g/mol. The summed E-state index contributed by atoms with van der Waals surface area (Å²) in [6.07, 6.45) is 0. The molecule has 0 atom stereocenters. The molecule has 1 aromatic carbocycles. The number of ether oxygens (including phenoxy) is 1. The van der Waals surface area contributed by atoms with Gasteiger partial charge in [-0.15, -0.1) is 11.3 Å². The van der Waals surface area contributed by atoms with Gasteiger partial charge < -0.3 is 10.1 Å². The molecule has 94 valence electrons. The topological polar surface area (TPSA) is 51.2 Å². The van der Waals surface area contributed by atoms with Crippen molar-refractivity contribution in [3.05, 3.63) is 40.9 Å². The average molecular weight is 270 g/mol. The van der Waals surface area contributed by atoms with Crippen molar-refractivity contribution in [2.45, 2.75) is 0 Å². The highest BCUT2D eigenvalue weighted by molar-refractivity contribution is 7.14. The first-order valence-corrected chi connectivity index (χ1v) is 5.74. The van der Waals surface area contributed by atoms with E-state index in [9.17, 15) is 13.6 Å². The number of halogens is 2. The molecule has 7 heteroatoms. The molecule has 0 spiro atoms. The van der Waals surface area contributed by atoms with Crippen molar-refractivity contribution in [1.82, 2.24) is 4.98 Å². The lowest BCUT2D eigenvalue weighted by atomic mass is 10.3. The number of thiazole rings is 1. The van der Waals surface area contributed by atoms with Crippen LogP contribution in [0.15, 0.2) is 23.6 Å². The van der Waals surface area contributed by atoms with Crippen LogP contribution in [0.2, 0.25) is 0 Å². The fourth-order valence-electron chi connectivity index (χ4n) is 1.25. The second-order valence-electron chi connectivity index (χ2n) is 3.25. The molecule has 0 fully saturated rings. The number of esters is 1. The maximum absolute atomic E-state index is 13.4. The van der Waals surface area contributed by atoms with Gasteiger partial charge in [-0.1, -0.05) is 6.07 Å². The number of methoxy groups -OCH3 is 1. The summed E-state index contributed by atoms with van der Waals surface area (Å²) in [5.41, 5.74) is -0.218. The van der Waals surface area contributed by atoms with E-state index in [2.05, 4.69) is 15.0 Å². The molecule has 0 aliphatic carbocycles. The highest BCUT2D eigenvalue weighted by Crippen LogP contribution is 2.25. The lowest BCUT2D eigenvalue weighted by Crippen LogP contribution is -2.02. The number of hydrogen-bond donors (Lipinski definition) is 1. The van der Waals surface area contributed by atoms with Crippen LogP contribution in [0.5, 0.6) is 0 Å². The van der Waals surface area contributed by atoms with Crippen LogP contribution in [0.25, 0.3) is 0 Å². The third-order valence-electron chi connectivity index (χ3n) is 2.09. The lowest BCUT2D eigenvalue weighted by Gasteiger charge is -2.04. The highest BCUT2D eigenvalue weighted by atomic mass is 32.1. The van der Waals surface area contributed by atoms with E-state index in [1.54, 1.807) is 0 Å². The molecule has 1 N–H and O–H groups in total. The minimum Gasteiger partial charge on any atom is -0.464 e. The molecule has 18 heavy (non-hydrogen) atoms. The first kappa shape index (κ1) is 12.4. The maximum Gasteiger partial charge on any atom is 0.357 e. The molecular formula is C11H8F2N2O2S. The van der Waals surface area contributed by atoms with Crippen molar-refractivity contribution in [2.75, 3.05) is 12.4 Å². The van der Waals surface area contributed by atoms with Crippen molar-refractivity contribution in [1.29, 1.82) is 0 Å². The van der Waals surface area contributed by atoms with Gasteiger partial charge in [-0.2, -0.15) is 0 Å². The van der Waals surface area contributed by atoms with E-state index >= 15 is 0 Å². The zero-order valence-electron chi connectivity index (χ0n) is 9.24. The van der Waals surface area contributed by atoms with Gasteiger partial charge in [0.05, 0.1) is 7.11 Å². The Hall–Kier alpha value is -2.02. The smallest absolute Gasteiger partial charge is 0.357 e. The van der Waals surface area contributed by atoms with Gasteiger partial charge in [0.1, 0.15) is 17.3 Å². The molecule has 0 radical (unpaired) electrons. The Morgan fingerprint density at radius 1 is 1.39 bits per heavy atom. The molecule has 0 saturated carbocycles. The Balaban J connectivity index is 2.24. The Kier molecular flexibility index (Phi) is 3.52. The van der Waals surface area contributed by atoms with E-state index in [1.165, 1.54) is 18.6 Å². The number of carbonyl (C=O) groups excluding carboxylic acids is 1. The van der Waals surface area contributed by atoms with Gasteiger partial charge in [0.2, 0.25) is 0 Å². The van der Waals surface area contributed by atoms with E-state index in [-0.39, 0.29) is 16.5 Å². The van der Waals surface area contributed by atoms with Gasteiger partial charge in [0, 0.05) is 5.38 Å². The predicted molar refractivity (Wildman–Crippen MR) is 63.1 cm³/mol. The summed E-state index contributed by atoms with van der Waals surface area (Å²) in [6, 6.07) is 3.51. The number of nitrogens with zero attached hydrogens (tertiary/aromatic N) is 1. The van der Waals surface area contributed by atoms with E-state index in [4.69, 9.17) is 0 Å². The summed E-state index contributed by atoms with van der Waals surface area (Å²) in [5, 5.41) is 4.13. The molecule has 0 amide bonds. The summed E-state index contributed by atoms with van der Waals surface area (Å²) in [7, 11) is 1.23. The maximum atomic E-state index is 13.4. The Morgan fingerprint density at radius 3 is 2.67 bits per heavy atom. The molecule has 2 rings (SSSR count). The largest absolute Gasteiger partial charge is 0.464 e. The number of aromatic nitrogens is 1. The molecule has 1 aromatic heterocycles. The van der Waals surface area contributed by atoms with Crippen molar-refractivity contribution in [2.24, 2.45) is 0 Å². The van der Waals surface area contributed by atoms with Crippen LogP contribution < -0.4 is 5.32 Å². The SMILES string of the molecule is COC(=O)c1csc(Nc2c(F)cccc2F)n1. The second kappa shape index (κ2) is 5.09. The van der Waals surface area contributed by atoms with Crippen LogP contribution in [-0.4, -0.2) is 18.1 Å². The second-order valence-corrected chi connectivity index (χ2v) is 4.11. The third kappa shape index (κ3) is 2.45. The van der Waals surface area contributed by atoms with Gasteiger partial charge in [0.25, 0.3) is 0 Å². The van der Waals surface area contributed by atoms with Crippen molar-refractivity contribution in [3.63, 3.8) is 0 Å². The zero-order valence-corrected chi connectivity index (χ0v) is 10.1. The van der Waals surface area contributed by atoms with Crippen molar-refractivity contribution >= 4 is 28.1 Å². The molecule has 0 bridgehead atoms. The fraction of sp³-hybridized carbons (Fsp3) is 0.0909. The number of para-hydroxylation sites is 1. The van der Waals surface area contributed by atoms with Crippen molar-refractivity contribution < 1.29 is 18.3 Å². The Labute approximate surface area is 105 Å². The van der Waals surface area contributed by atoms with Crippen LogP contribution in [0.4, 0.5) is 19.6 Å².